The van der Waals surface area contributed by atoms with Crippen LogP contribution in [0.2, 0.25) is 0 Å². The maximum absolute atomic E-state index is 6.02. The molecule has 0 unspecified atom stereocenters. The fourth-order valence-electron chi connectivity index (χ4n) is 1.70. The van der Waals surface area contributed by atoms with Crippen molar-refractivity contribution in [1.82, 2.24) is 0 Å². The third-order valence-electron chi connectivity index (χ3n) is 2.47. The molecule has 0 bridgehead atoms. The van der Waals surface area contributed by atoms with Crippen LogP contribution in [-0.4, -0.2) is 6.61 Å². The van der Waals surface area contributed by atoms with Crippen molar-refractivity contribution in [3.05, 3.63) is 27.7 Å². The molecule has 3 heteroatoms. The van der Waals surface area contributed by atoms with Crippen molar-refractivity contribution in [2.45, 2.75) is 19.4 Å². The molecule has 0 amide bonds. The zero-order valence-corrected chi connectivity index (χ0v) is 9.10. The Hall–Kier alpha value is -0.540. The quantitative estimate of drug-likeness (QED) is 0.758. The summed E-state index contributed by atoms with van der Waals surface area (Å²) in [5, 5.41) is 0. The second-order valence-corrected chi connectivity index (χ2v) is 4.18. The van der Waals surface area contributed by atoms with Crippen LogP contribution < -0.4 is 10.5 Å². The van der Waals surface area contributed by atoms with Gasteiger partial charge in [-0.15, -0.1) is 0 Å². The largest absolute Gasteiger partial charge is 0.493 e. The van der Waals surface area contributed by atoms with Crippen LogP contribution >= 0.6 is 15.9 Å². The average molecular weight is 242 g/mol. The zero-order valence-electron chi connectivity index (χ0n) is 7.51. The number of fused-ring (bicyclic) bond motifs is 1. The van der Waals surface area contributed by atoms with Crippen molar-refractivity contribution in [3.8, 4) is 5.75 Å². The first-order chi connectivity index (χ1) is 6.20. The van der Waals surface area contributed by atoms with Gasteiger partial charge in [0.2, 0.25) is 0 Å². The highest BCUT2D eigenvalue weighted by Gasteiger charge is 2.20. The standard InChI is InChI=1S/C10H12BrNO/c1-6-7(11)2-3-9-10(6)8(12)4-5-13-9/h2-3,8H,4-5,12H2,1H3/t8-/m1/s1. The lowest BCUT2D eigenvalue weighted by molar-refractivity contribution is 0.268. The lowest BCUT2D eigenvalue weighted by Gasteiger charge is -2.25. The summed E-state index contributed by atoms with van der Waals surface area (Å²) in [6.45, 7) is 2.80. The molecule has 1 heterocycles. The first kappa shape index (κ1) is 9.03. The molecule has 0 saturated heterocycles. The van der Waals surface area contributed by atoms with Crippen LogP contribution in [0.3, 0.4) is 0 Å². The van der Waals surface area contributed by atoms with Crippen molar-refractivity contribution < 1.29 is 4.74 Å². The van der Waals surface area contributed by atoms with Gasteiger partial charge in [-0.25, -0.2) is 0 Å². The summed E-state index contributed by atoms with van der Waals surface area (Å²) < 4.78 is 6.63. The van der Waals surface area contributed by atoms with E-state index in [1.807, 2.05) is 12.1 Å². The van der Waals surface area contributed by atoms with Crippen molar-refractivity contribution >= 4 is 15.9 Å². The third kappa shape index (κ3) is 1.46. The second kappa shape index (κ2) is 3.31. The molecule has 0 aliphatic carbocycles. The Morgan fingerprint density at radius 1 is 1.54 bits per heavy atom. The zero-order chi connectivity index (χ0) is 9.42. The summed E-state index contributed by atoms with van der Waals surface area (Å²) in [6.07, 6.45) is 0.907. The van der Waals surface area contributed by atoms with Gasteiger partial charge in [0.1, 0.15) is 5.75 Å². The van der Waals surface area contributed by atoms with Gasteiger partial charge >= 0.3 is 0 Å². The van der Waals surface area contributed by atoms with E-state index >= 15 is 0 Å². The number of nitrogens with two attached hydrogens (primary N) is 1. The molecular weight excluding hydrogens is 230 g/mol. The normalized spacial score (nSPS) is 20.7. The van der Waals surface area contributed by atoms with E-state index in [0.29, 0.717) is 0 Å². The molecule has 0 fully saturated rings. The molecule has 1 aliphatic heterocycles. The minimum Gasteiger partial charge on any atom is -0.493 e. The van der Waals surface area contributed by atoms with Crippen LogP contribution in [0.5, 0.6) is 5.75 Å². The highest BCUT2D eigenvalue weighted by molar-refractivity contribution is 9.10. The first-order valence-electron chi connectivity index (χ1n) is 4.37. The van der Waals surface area contributed by atoms with E-state index < -0.39 is 0 Å². The summed E-state index contributed by atoms with van der Waals surface area (Å²) in [5.74, 6) is 0.944. The second-order valence-electron chi connectivity index (χ2n) is 3.33. The van der Waals surface area contributed by atoms with Crippen LogP contribution in [0.4, 0.5) is 0 Å². The summed E-state index contributed by atoms with van der Waals surface area (Å²) in [5.41, 5.74) is 8.37. The number of hydrogen-bond acceptors (Lipinski definition) is 2. The van der Waals surface area contributed by atoms with Crippen LogP contribution in [0.1, 0.15) is 23.6 Å². The molecule has 1 aromatic rings. The minimum absolute atomic E-state index is 0.126. The number of rotatable bonds is 0. The van der Waals surface area contributed by atoms with Crippen LogP contribution in [0, 0.1) is 6.92 Å². The van der Waals surface area contributed by atoms with Crippen molar-refractivity contribution in [2.24, 2.45) is 5.73 Å². The Morgan fingerprint density at radius 2 is 2.31 bits per heavy atom. The maximum atomic E-state index is 6.02. The molecule has 0 spiro atoms. The minimum atomic E-state index is 0.126. The van der Waals surface area contributed by atoms with Gasteiger partial charge in [0.05, 0.1) is 6.61 Å². The fraction of sp³-hybridized carbons (Fsp3) is 0.400. The number of benzene rings is 1. The lowest BCUT2D eigenvalue weighted by Crippen LogP contribution is -2.21. The molecule has 2 nitrogen and oxygen atoms in total. The molecule has 2 N–H and O–H groups in total. The Labute approximate surface area is 86.2 Å². The van der Waals surface area contributed by atoms with Crippen molar-refractivity contribution in [3.63, 3.8) is 0 Å². The Kier molecular flexibility index (Phi) is 2.30. The smallest absolute Gasteiger partial charge is 0.124 e. The van der Waals surface area contributed by atoms with Gasteiger partial charge in [0.25, 0.3) is 0 Å². The molecule has 1 aliphatic rings. The lowest BCUT2D eigenvalue weighted by atomic mass is 9.97. The van der Waals surface area contributed by atoms with Gasteiger partial charge < -0.3 is 10.5 Å². The number of halogens is 1. The average Bonchev–Trinajstić information content (AvgIpc) is 2.12. The van der Waals surface area contributed by atoms with Gasteiger partial charge in [0, 0.05) is 22.5 Å². The summed E-state index contributed by atoms with van der Waals surface area (Å²) in [4.78, 5) is 0. The molecular formula is C10H12BrNO. The van der Waals surface area contributed by atoms with Crippen LogP contribution in [0.15, 0.2) is 16.6 Å². The van der Waals surface area contributed by atoms with Crippen LogP contribution in [0.25, 0.3) is 0 Å². The maximum Gasteiger partial charge on any atom is 0.124 e. The summed E-state index contributed by atoms with van der Waals surface area (Å²) >= 11 is 3.49. The fourth-order valence-corrected chi connectivity index (χ4v) is 2.05. The van der Waals surface area contributed by atoms with Gasteiger partial charge in [-0.3, -0.25) is 0 Å². The highest BCUT2D eigenvalue weighted by atomic mass is 79.9. The SMILES string of the molecule is Cc1c(Br)ccc2c1[C@H](N)CCO2. The predicted octanol–water partition coefficient (Wildman–Crippen LogP) is 2.54. The van der Waals surface area contributed by atoms with E-state index in [0.717, 1.165) is 28.8 Å². The molecule has 0 saturated carbocycles. The predicted molar refractivity (Wildman–Crippen MR) is 55.9 cm³/mol. The van der Waals surface area contributed by atoms with Crippen molar-refractivity contribution in [1.29, 1.82) is 0 Å². The molecule has 2 rings (SSSR count). The van der Waals surface area contributed by atoms with Gasteiger partial charge in [-0.1, -0.05) is 15.9 Å². The van der Waals surface area contributed by atoms with E-state index in [1.165, 1.54) is 5.56 Å². The third-order valence-corrected chi connectivity index (χ3v) is 3.33. The number of hydrogen-bond donors (Lipinski definition) is 1. The molecule has 0 aromatic heterocycles. The molecule has 1 atom stereocenters. The summed E-state index contributed by atoms with van der Waals surface area (Å²) in [7, 11) is 0. The van der Waals surface area contributed by atoms with Crippen LogP contribution in [-0.2, 0) is 0 Å². The molecule has 13 heavy (non-hydrogen) atoms. The van der Waals surface area contributed by atoms with Crippen molar-refractivity contribution in [2.75, 3.05) is 6.61 Å². The van der Waals surface area contributed by atoms with E-state index in [2.05, 4.69) is 22.9 Å². The first-order valence-corrected chi connectivity index (χ1v) is 5.17. The summed E-state index contributed by atoms with van der Waals surface area (Å²) in [6, 6.07) is 4.11. The monoisotopic (exact) mass is 241 g/mol. The molecule has 70 valence electrons. The molecule has 0 radical (unpaired) electrons. The van der Waals surface area contributed by atoms with E-state index in [1.54, 1.807) is 0 Å². The molecule has 1 aromatic carbocycles. The highest BCUT2D eigenvalue weighted by Crippen LogP contribution is 2.36. The van der Waals surface area contributed by atoms with E-state index in [4.69, 9.17) is 10.5 Å². The number of ether oxygens (including phenoxy) is 1. The van der Waals surface area contributed by atoms with Gasteiger partial charge in [-0.05, 0) is 24.6 Å². The topological polar surface area (TPSA) is 35.2 Å². The van der Waals surface area contributed by atoms with E-state index in [-0.39, 0.29) is 6.04 Å². The Bertz CT molecular complexity index is 338. The Morgan fingerprint density at radius 3 is 3.08 bits per heavy atom. The Balaban J connectivity index is 2.58. The van der Waals surface area contributed by atoms with Gasteiger partial charge in [0.15, 0.2) is 0 Å². The van der Waals surface area contributed by atoms with Gasteiger partial charge in [-0.2, -0.15) is 0 Å². The van der Waals surface area contributed by atoms with E-state index in [9.17, 15) is 0 Å².